The zero-order valence-electron chi connectivity index (χ0n) is 24.5. The standard InChI is InChI=1S/C34H38O6/c1-9-20(4)13-17-33-27(37)21-10-11-23(35)25-26(36)22-14-15-30(5,6)38-28(22)32(16-12-19(2)3)29(25)39-34(32,33)24(18-21)31(7,8)40-33/h9-15,21,24H,1,16-18H2,2-8H3/b11-10-,20-13-. The normalized spacial score (nSPS) is 38.8. The molecular formula is C34H38O6. The van der Waals surface area contributed by atoms with Crippen LogP contribution in [0.2, 0.25) is 0 Å². The third-order valence-corrected chi connectivity index (χ3v) is 9.80. The second-order valence-electron chi connectivity index (χ2n) is 13.4. The maximum Gasteiger partial charge on any atom is 0.203 e. The summed E-state index contributed by atoms with van der Waals surface area (Å²) in [6.45, 7) is 17.8. The first-order chi connectivity index (χ1) is 18.7. The molecular weight excluding hydrogens is 504 g/mol. The Kier molecular flexibility index (Phi) is 5.49. The average molecular weight is 543 g/mol. The number of ketones is 3. The molecule has 3 fully saturated rings. The summed E-state index contributed by atoms with van der Waals surface area (Å²) in [5.41, 5.74) is -2.72. The number of hydrogen-bond acceptors (Lipinski definition) is 6. The Hall–Kier alpha value is -3.25. The molecule has 0 aromatic carbocycles. The largest absolute Gasteiger partial charge is 0.486 e. The highest BCUT2D eigenvalue weighted by Crippen LogP contribution is 2.78. The maximum absolute atomic E-state index is 14.7. The van der Waals surface area contributed by atoms with E-state index in [2.05, 4.69) is 12.7 Å². The lowest BCUT2D eigenvalue weighted by atomic mass is 9.43. The molecule has 40 heavy (non-hydrogen) atoms. The third kappa shape index (κ3) is 3.06. The van der Waals surface area contributed by atoms with Gasteiger partial charge in [-0.05, 0) is 79.5 Å². The number of carbonyl (C=O) groups excluding carboxylic acids is 3. The number of Topliss-reactive ketones (excluding diaryl/α,β-unsaturated/α-hetero) is 2. The SMILES string of the molecule is C=C/C(C)=C\CC12OC(C)(C)C3CC(/C=C\C(=O)C4=C5OC31C5(CC=C(C)C)C1=C(C=CC(C)(C)O1)C4=O)C2=O. The summed E-state index contributed by atoms with van der Waals surface area (Å²) in [6.07, 6.45) is 13.7. The summed E-state index contributed by atoms with van der Waals surface area (Å²) in [5.74, 6) is -0.924. The lowest BCUT2D eigenvalue weighted by Crippen LogP contribution is -2.80. The van der Waals surface area contributed by atoms with Crippen molar-refractivity contribution in [3.05, 3.63) is 82.9 Å². The minimum absolute atomic E-state index is 0.0286. The van der Waals surface area contributed by atoms with E-state index >= 15 is 0 Å². The van der Waals surface area contributed by atoms with Crippen molar-refractivity contribution in [3.63, 3.8) is 0 Å². The minimum atomic E-state index is -1.38. The van der Waals surface area contributed by atoms with Crippen molar-refractivity contribution < 1.29 is 28.6 Å². The van der Waals surface area contributed by atoms with Crippen LogP contribution in [0.15, 0.2) is 82.9 Å². The molecule has 5 heterocycles. The van der Waals surface area contributed by atoms with Crippen molar-refractivity contribution in [3.8, 4) is 0 Å². The summed E-state index contributed by atoms with van der Waals surface area (Å²) in [4.78, 5) is 42.4. The van der Waals surface area contributed by atoms with Gasteiger partial charge in [-0.15, -0.1) is 0 Å². The Balaban J connectivity index is 1.77. The van der Waals surface area contributed by atoms with Gasteiger partial charge >= 0.3 is 0 Å². The van der Waals surface area contributed by atoms with Crippen LogP contribution >= 0.6 is 0 Å². The van der Waals surface area contributed by atoms with E-state index in [4.69, 9.17) is 14.2 Å². The smallest absolute Gasteiger partial charge is 0.203 e. The third-order valence-electron chi connectivity index (χ3n) is 9.80. The van der Waals surface area contributed by atoms with Gasteiger partial charge in [-0.3, -0.25) is 14.4 Å². The Morgan fingerprint density at radius 1 is 1.00 bits per heavy atom. The van der Waals surface area contributed by atoms with E-state index in [0.717, 1.165) is 11.1 Å². The summed E-state index contributed by atoms with van der Waals surface area (Å²) in [5, 5.41) is 0. The number of carbonyl (C=O) groups is 3. The van der Waals surface area contributed by atoms with Crippen molar-refractivity contribution in [2.45, 2.75) is 90.1 Å². The predicted molar refractivity (Wildman–Crippen MR) is 151 cm³/mol. The first-order valence-corrected chi connectivity index (χ1v) is 14.2. The van der Waals surface area contributed by atoms with Crippen LogP contribution in [0, 0.1) is 17.3 Å². The van der Waals surface area contributed by atoms with Crippen LogP contribution in [0.3, 0.4) is 0 Å². The predicted octanol–water partition coefficient (Wildman–Crippen LogP) is 5.97. The van der Waals surface area contributed by atoms with E-state index in [1.807, 2.05) is 60.6 Å². The van der Waals surface area contributed by atoms with Gasteiger partial charge in [0.05, 0.1) is 11.2 Å². The molecule has 0 radical (unpaired) electrons. The van der Waals surface area contributed by atoms with Gasteiger partial charge in [-0.2, -0.15) is 0 Å². The fourth-order valence-corrected chi connectivity index (χ4v) is 8.00. The van der Waals surface area contributed by atoms with Gasteiger partial charge < -0.3 is 14.2 Å². The highest BCUT2D eigenvalue weighted by atomic mass is 16.6. The van der Waals surface area contributed by atoms with Gasteiger partial charge in [0.25, 0.3) is 0 Å². The molecule has 6 nitrogen and oxygen atoms in total. The van der Waals surface area contributed by atoms with Crippen LogP contribution in [0.5, 0.6) is 0 Å². The van der Waals surface area contributed by atoms with Crippen molar-refractivity contribution in [2.75, 3.05) is 0 Å². The van der Waals surface area contributed by atoms with Crippen molar-refractivity contribution in [1.82, 2.24) is 0 Å². The molecule has 5 aliphatic heterocycles. The zero-order chi connectivity index (χ0) is 29.0. The van der Waals surface area contributed by atoms with Gasteiger partial charge in [-0.25, -0.2) is 0 Å². The van der Waals surface area contributed by atoms with Crippen LogP contribution in [-0.2, 0) is 28.6 Å². The topological polar surface area (TPSA) is 78.9 Å². The van der Waals surface area contributed by atoms with Crippen LogP contribution in [0.4, 0.5) is 0 Å². The second kappa shape index (κ2) is 8.16. The number of allylic oxidation sites excluding steroid dienone is 9. The van der Waals surface area contributed by atoms with Gasteiger partial charge in [0, 0.05) is 18.3 Å². The fraction of sp³-hybridized carbons (Fsp3) is 0.500. The number of rotatable bonds is 5. The van der Waals surface area contributed by atoms with E-state index in [9.17, 15) is 14.4 Å². The second-order valence-corrected chi connectivity index (χ2v) is 13.4. The molecule has 8 rings (SSSR count). The maximum atomic E-state index is 14.7. The van der Waals surface area contributed by atoms with E-state index in [1.165, 1.54) is 6.08 Å². The number of hydrogen-bond donors (Lipinski definition) is 0. The molecule has 5 atom stereocenters. The zero-order valence-corrected chi connectivity index (χ0v) is 24.5. The molecule has 3 aliphatic carbocycles. The Morgan fingerprint density at radius 2 is 1.73 bits per heavy atom. The summed E-state index contributed by atoms with van der Waals surface area (Å²) >= 11 is 0. The lowest BCUT2D eigenvalue weighted by Gasteiger charge is -2.69. The van der Waals surface area contributed by atoms with E-state index in [-0.39, 0.29) is 23.7 Å². The fourth-order valence-electron chi connectivity index (χ4n) is 8.00. The van der Waals surface area contributed by atoms with Crippen LogP contribution < -0.4 is 0 Å². The molecule has 0 N–H and O–H groups in total. The van der Waals surface area contributed by atoms with Crippen LogP contribution in [0.1, 0.15) is 67.7 Å². The van der Waals surface area contributed by atoms with Gasteiger partial charge in [0.15, 0.2) is 22.8 Å². The molecule has 1 spiro atoms. The molecule has 0 aromatic rings. The van der Waals surface area contributed by atoms with Crippen molar-refractivity contribution in [2.24, 2.45) is 17.3 Å². The summed E-state index contributed by atoms with van der Waals surface area (Å²) < 4.78 is 20.7. The summed E-state index contributed by atoms with van der Waals surface area (Å²) in [6, 6.07) is 0. The first kappa shape index (κ1) is 26.9. The van der Waals surface area contributed by atoms with E-state index in [0.29, 0.717) is 29.9 Å². The molecule has 7 bridgehead atoms. The highest BCUT2D eigenvalue weighted by Gasteiger charge is 2.89. The van der Waals surface area contributed by atoms with Crippen LogP contribution in [0.25, 0.3) is 0 Å². The first-order valence-electron chi connectivity index (χ1n) is 14.2. The molecule has 5 unspecified atom stereocenters. The summed E-state index contributed by atoms with van der Waals surface area (Å²) in [7, 11) is 0. The Labute approximate surface area is 236 Å². The molecule has 0 amide bonds. The van der Waals surface area contributed by atoms with Gasteiger partial charge in [-0.1, -0.05) is 42.0 Å². The van der Waals surface area contributed by atoms with Crippen LogP contribution in [-0.4, -0.2) is 39.8 Å². The Morgan fingerprint density at radius 3 is 2.40 bits per heavy atom. The minimum Gasteiger partial charge on any atom is -0.486 e. The molecule has 8 aliphatic rings. The lowest BCUT2D eigenvalue weighted by molar-refractivity contribution is -0.285. The number of ether oxygens (including phenoxy) is 3. The molecule has 210 valence electrons. The van der Waals surface area contributed by atoms with E-state index in [1.54, 1.807) is 18.2 Å². The molecule has 0 aromatic heterocycles. The average Bonchev–Trinajstić information content (AvgIpc) is 3.03. The van der Waals surface area contributed by atoms with Gasteiger partial charge in [0.2, 0.25) is 5.78 Å². The quantitative estimate of drug-likeness (QED) is 0.242. The molecule has 2 saturated heterocycles. The monoisotopic (exact) mass is 542 g/mol. The van der Waals surface area contributed by atoms with Gasteiger partial charge in [0.1, 0.15) is 28.1 Å². The van der Waals surface area contributed by atoms with Crippen molar-refractivity contribution in [1.29, 1.82) is 0 Å². The molecule has 1 saturated carbocycles. The van der Waals surface area contributed by atoms with E-state index < -0.39 is 45.3 Å². The highest BCUT2D eigenvalue weighted by molar-refractivity contribution is 6.31. The Bertz CT molecular complexity index is 1470. The van der Waals surface area contributed by atoms with Crippen molar-refractivity contribution >= 4 is 17.3 Å². The molecule has 6 heteroatoms.